The molecule has 5 heteroatoms. The third-order valence-corrected chi connectivity index (χ3v) is 4.03. The number of carbonyl (C=O) groups excluding carboxylic acids is 1. The number of benzene rings is 1. The Hall–Kier alpha value is -2.43. The van der Waals surface area contributed by atoms with Gasteiger partial charge in [0, 0.05) is 19.5 Å². The van der Waals surface area contributed by atoms with Crippen LogP contribution in [0, 0.1) is 5.92 Å². The second kappa shape index (κ2) is 6.56. The highest BCUT2D eigenvalue weighted by Crippen LogP contribution is 2.27. The molecule has 22 heavy (non-hydrogen) atoms. The minimum Gasteiger partial charge on any atom is -0.354 e. The predicted octanol–water partition coefficient (Wildman–Crippen LogP) is 2.85. The third-order valence-electron chi connectivity index (χ3n) is 4.03. The van der Waals surface area contributed by atoms with Crippen LogP contribution in [0.5, 0.6) is 0 Å². The van der Waals surface area contributed by atoms with Crippen LogP contribution in [0.3, 0.4) is 0 Å². The summed E-state index contributed by atoms with van der Waals surface area (Å²) >= 11 is 0. The van der Waals surface area contributed by atoms with Gasteiger partial charge in [0.05, 0.1) is 0 Å². The van der Waals surface area contributed by atoms with Crippen molar-refractivity contribution in [1.82, 2.24) is 10.2 Å². The van der Waals surface area contributed by atoms with Crippen LogP contribution < -0.4 is 10.2 Å². The molecule has 0 bridgehead atoms. The molecule has 114 valence electrons. The Morgan fingerprint density at radius 1 is 1.18 bits per heavy atom. The maximum Gasteiger partial charge on any atom is 0.228 e. The topological polar surface area (TPSA) is 58.1 Å². The fourth-order valence-electron chi connectivity index (χ4n) is 2.43. The minimum absolute atomic E-state index is 0.0611. The van der Waals surface area contributed by atoms with E-state index in [1.54, 1.807) is 6.07 Å². The van der Waals surface area contributed by atoms with Gasteiger partial charge in [-0.05, 0) is 30.5 Å². The van der Waals surface area contributed by atoms with Gasteiger partial charge in [0.25, 0.3) is 0 Å². The Kier molecular flexibility index (Phi) is 4.32. The maximum absolute atomic E-state index is 11.9. The van der Waals surface area contributed by atoms with Crippen LogP contribution in [0.2, 0.25) is 0 Å². The third kappa shape index (κ3) is 3.42. The van der Waals surface area contributed by atoms with E-state index in [9.17, 15) is 4.79 Å². The second-order valence-corrected chi connectivity index (χ2v) is 5.74. The second-order valence-electron chi connectivity index (χ2n) is 5.74. The molecule has 1 saturated carbocycles. The van der Waals surface area contributed by atoms with E-state index in [0.29, 0.717) is 5.82 Å². The van der Waals surface area contributed by atoms with Crippen molar-refractivity contribution in [2.45, 2.75) is 25.8 Å². The van der Waals surface area contributed by atoms with E-state index in [0.717, 1.165) is 31.6 Å². The van der Waals surface area contributed by atoms with Gasteiger partial charge in [-0.2, -0.15) is 0 Å². The molecule has 0 spiro atoms. The van der Waals surface area contributed by atoms with E-state index >= 15 is 0 Å². The van der Waals surface area contributed by atoms with Crippen LogP contribution in [0.25, 0.3) is 0 Å². The van der Waals surface area contributed by atoms with Gasteiger partial charge in [0.1, 0.15) is 0 Å². The van der Waals surface area contributed by atoms with Crippen molar-refractivity contribution in [2.75, 3.05) is 17.3 Å². The Morgan fingerprint density at radius 3 is 2.55 bits per heavy atom. The summed E-state index contributed by atoms with van der Waals surface area (Å²) in [7, 11) is 1.98. The molecule has 0 unspecified atom stereocenters. The van der Waals surface area contributed by atoms with Crippen molar-refractivity contribution in [3.05, 3.63) is 48.0 Å². The molecule has 0 radical (unpaired) electrons. The summed E-state index contributed by atoms with van der Waals surface area (Å²) in [5.74, 6) is 1.52. The summed E-state index contributed by atoms with van der Waals surface area (Å²) in [6.07, 6.45) is 3.11. The number of carbonyl (C=O) groups is 1. The molecular weight excluding hydrogens is 276 g/mol. The highest BCUT2D eigenvalue weighted by Gasteiger charge is 2.25. The first-order valence-electron chi connectivity index (χ1n) is 7.62. The van der Waals surface area contributed by atoms with Gasteiger partial charge in [-0.3, -0.25) is 4.79 Å². The molecule has 5 nitrogen and oxygen atoms in total. The Labute approximate surface area is 130 Å². The molecular formula is C17H20N4O. The van der Waals surface area contributed by atoms with Gasteiger partial charge in [0.15, 0.2) is 11.6 Å². The molecule has 1 aliphatic carbocycles. The van der Waals surface area contributed by atoms with Crippen molar-refractivity contribution in [2.24, 2.45) is 5.92 Å². The summed E-state index contributed by atoms with van der Waals surface area (Å²) in [6.45, 7) is 0.767. The molecule has 1 aliphatic rings. The van der Waals surface area contributed by atoms with E-state index in [4.69, 9.17) is 0 Å². The van der Waals surface area contributed by atoms with Crippen molar-refractivity contribution in [3.63, 3.8) is 0 Å². The van der Waals surface area contributed by atoms with Crippen LogP contribution in [-0.2, 0) is 11.3 Å². The first-order valence-corrected chi connectivity index (χ1v) is 7.62. The lowest BCUT2D eigenvalue weighted by atomic mass is 9.85. The van der Waals surface area contributed by atoms with Crippen molar-refractivity contribution in [1.29, 1.82) is 0 Å². The summed E-state index contributed by atoms with van der Waals surface area (Å²) in [5, 5.41) is 11.1. The maximum atomic E-state index is 11.9. The molecule has 2 aromatic rings. The monoisotopic (exact) mass is 296 g/mol. The lowest BCUT2D eigenvalue weighted by Gasteiger charge is -2.23. The van der Waals surface area contributed by atoms with Gasteiger partial charge in [0.2, 0.25) is 5.91 Å². The number of hydrogen-bond acceptors (Lipinski definition) is 4. The van der Waals surface area contributed by atoms with Crippen LogP contribution in [-0.4, -0.2) is 23.2 Å². The molecule has 0 atom stereocenters. The lowest BCUT2D eigenvalue weighted by molar-refractivity contribution is -0.122. The smallest absolute Gasteiger partial charge is 0.228 e. The highest BCUT2D eigenvalue weighted by atomic mass is 16.2. The summed E-state index contributed by atoms with van der Waals surface area (Å²) < 4.78 is 0. The molecule has 0 aliphatic heterocycles. The first kappa shape index (κ1) is 14.5. The Morgan fingerprint density at radius 2 is 1.95 bits per heavy atom. The molecule has 1 amide bonds. The average Bonchev–Trinajstić information content (AvgIpc) is 2.47. The average molecular weight is 296 g/mol. The van der Waals surface area contributed by atoms with Gasteiger partial charge in [-0.15, -0.1) is 10.2 Å². The van der Waals surface area contributed by atoms with Crippen LogP contribution >= 0.6 is 0 Å². The molecule has 3 rings (SSSR count). The van der Waals surface area contributed by atoms with E-state index in [1.165, 1.54) is 5.56 Å². The van der Waals surface area contributed by atoms with E-state index < -0.39 is 0 Å². The molecule has 1 aromatic carbocycles. The number of anilines is 2. The molecule has 1 N–H and O–H groups in total. The fourth-order valence-corrected chi connectivity index (χ4v) is 2.43. The summed E-state index contributed by atoms with van der Waals surface area (Å²) in [5.41, 5.74) is 1.22. The quantitative estimate of drug-likeness (QED) is 0.921. The Bertz CT molecular complexity index is 623. The van der Waals surface area contributed by atoms with Crippen molar-refractivity contribution >= 4 is 17.5 Å². The summed E-state index contributed by atoms with van der Waals surface area (Å²) in [6, 6.07) is 13.9. The fraction of sp³-hybridized carbons (Fsp3) is 0.353. The number of nitrogens with zero attached hydrogens (tertiary/aromatic N) is 3. The standard InChI is InChI=1S/C17H20N4O/c1-21(12-13-6-3-2-4-7-13)16-11-10-15(19-20-16)18-17(22)14-8-5-9-14/h2-4,6-7,10-11,14H,5,8-9,12H2,1H3,(H,18,19,22). The van der Waals surface area contributed by atoms with Gasteiger partial charge >= 0.3 is 0 Å². The number of amides is 1. The minimum atomic E-state index is 0.0611. The van der Waals surface area contributed by atoms with Gasteiger partial charge < -0.3 is 10.2 Å². The normalized spacial score (nSPS) is 14.2. The lowest BCUT2D eigenvalue weighted by Crippen LogP contribution is -2.28. The van der Waals surface area contributed by atoms with E-state index in [-0.39, 0.29) is 11.8 Å². The number of rotatable bonds is 5. The SMILES string of the molecule is CN(Cc1ccccc1)c1ccc(NC(=O)C2CCC2)nn1. The zero-order valence-corrected chi connectivity index (χ0v) is 12.7. The van der Waals surface area contributed by atoms with Gasteiger partial charge in [-0.25, -0.2) is 0 Å². The van der Waals surface area contributed by atoms with Crippen LogP contribution in [0.4, 0.5) is 11.6 Å². The molecule has 1 heterocycles. The largest absolute Gasteiger partial charge is 0.354 e. The van der Waals surface area contributed by atoms with Gasteiger partial charge in [-0.1, -0.05) is 36.8 Å². The molecule has 1 fully saturated rings. The van der Waals surface area contributed by atoms with E-state index in [2.05, 4.69) is 27.6 Å². The number of aromatic nitrogens is 2. The zero-order valence-electron chi connectivity index (χ0n) is 12.7. The van der Waals surface area contributed by atoms with Crippen molar-refractivity contribution < 1.29 is 4.79 Å². The molecule has 1 aromatic heterocycles. The Balaban J connectivity index is 1.59. The predicted molar refractivity (Wildman–Crippen MR) is 86.6 cm³/mol. The highest BCUT2D eigenvalue weighted by molar-refractivity contribution is 5.92. The number of hydrogen-bond donors (Lipinski definition) is 1. The van der Waals surface area contributed by atoms with Crippen molar-refractivity contribution in [3.8, 4) is 0 Å². The van der Waals surface area contributed by atoms with Crippen LogP contribution in [0.15, 0.2) is 42.5 Å². The summed E-state index contributed by atoms with van der Waals surface area (Å²) in [4.78, 5) is 13.9. The number of nitrogens with one attached hydrogen (secondary N) is 1. The molecule has 0 saturated heterocycles. The first-order chi connectivity index (χ1) is 10.7. The zero-order chi connectivity index (χ0) is 15.4. The van der Waals surface area contributed by atoms with Crippen LogP contribution in [0.1, 0.15) is 24.8 Å². The van der Waals surface area contributed by atoms with E-state index in [1.807, 2.05) is 36.2 Å².